The Bertz CT molecular complexity index is 1130. The first-order valence-electron chi connectivity index (χ1n) is 13.2. The van der Waals surface area contributed by atoms with Crippen LogP contribution in [0.4, 0.5) is 4.79 Å². The van der Waals surface area contributed by atoms with Gasteiger partial charge in [0.2, 0.25) is 5.91 Å². The van der Waals surface area contributed by atoms with Crippen molar-refractivity contribution in [1.82, 2.24) is 10.2 Å². The molecule has 0 saturated carbocycles. The number of nitrogens with zero attached hydrogens (tertiary/aromatic N) is 1. The van der Waals surface area contributed by atoms with Crippen LogP contribution in [-0.2, 0) is 29.0 Å². The Balaban J connectivity index is 1.72. The number of hydrogen-bond acceptors (Lipinski definition) is 5. The first-order chi connectivity index (χ1) is 18.2. The van der Waals surface area contributed by atoms with Gasteiger partial charge in [-0.05, 0) is 74.7 Å². The molecule has 0 aliphatic heterocycles. The van der Waals surface area contributed by atoms with Crippen molar-refractivity contribution in [3.8, 4) is 5.75 Å². The van der Waals surface area contributed by atoms with E-state index >= 15 is 0 Å². The summed E-state index contributed by atoms with van der Waals surface area (Å²) in [5, 5.41) is 4.88. The highest BCUT2D eigenvalue weighted by Crippen LogP contribution is 2.20. The van der Waals surface area contributed by atoms with Gasteiger partial charge in [0.25, 0.3) is 0 Å². The summed E-state index contributed by atoms with van der Waals surface area (Å²) in [4.78, 5) is 29.5. The van der Waals surface area contributed by atoms with Crippen molar-refractivity contribution in [3.63, 3.8) is 0 Å². The molecule has 0 bridgehead atoms. The van der Waals surface area contributed by atoms with Crippen molar-refractivity contribution in [2.75, 3.05) is 7.11 Å². The third-order valence-corrected chi connectivity index (χ3v) is 6.90. The second-order valence-electron chi connectivity index (χ2n) is 10.4. The Kier molecular flexibility index (Phi) is 11.2. The topological polar surface area (TPSA) is 67.9 Å². The van der Waals surface area contributed by atoms with Gasteiger partial charge in [-0.1, -0.05) is 61.4 Å². The smallest absolute Gasteiger partial charge is 0.408 e. The average Bonchev–Trinajstić information content (AvgIpc) is 3.40. The number of benzene rings is 2. The lowest BCUT2D eigenvalue weighted by atomic mass is 10.0. The third kappa shape index (κ3) is 10.2. The molecule has 1 heterocycles. The second kappa shape index (κ2) is 14.6. The van der Waals surface area contributed by atoms with Gasteiger partial charge >= 0.3 is 6.09 Å². The van der Waals surface area contributed by atoms with Crippen molar-refractivity contribution < 1.29 is 19.1 Å². The van der Waals surface area contributed by atoms with E-state index in [0.29, 0.717) is 19.5 Å². The van der Waals surface area contributed by atoms with Crippen LogP contribution in [0.1, 0.15) is 62.5 Å². The molecule has 3 rings (SSSR count). The molecule has 2 aromatic carbocycles. The highest BCUT2D eigenvalue weighted by Gasteiger charge is 2.28. The summed E-state index contributed by atoms with van der Waals surface area (Å²) in [6, 6.07) is 21.5. The number of nitrogens with one attached hydrogen (secondary N) is 1. The SMILES string of the molecule is COc1cccc(CN(Cc2cccs2)C(=O)[C@H](CCCCCc2ccccc2)NC(=O)OC(C)(C)C)c1. The largest absolute Gasteiger partial charge is 0.497 e. The molecule has 0 spiro atoms. The van der Waals surface area contributed by atoms with Gasteiger partial charge in [0.05, 0.1) is 13.7 Å². The number of carbonyl (C=O) groups excluding carboxylic acids is 2. The third-order valence-electron chi connectivity index (χ3n) is 6.04. The quantitative estimate of drug-likeness (QED) is 0.239. The number of hydrogen-bond donors (Lipinski definition) is 1. The van der Waals surface area contributed by atoms with Gasteiger partial charge in [-0.25, -0.2) is 4.79 Å². The molecule has 2 amide bonds. The van der Waals surface area contributed by atoms with Crippen molar-refractivity contribution >= 4 is 23.3 Å². The summed E-state index contributed by atoms with van der Waals surface area (Å²) in [5.41, 5.74) is 1.63. The van der Waals surface area contributed by atoms with E-state index in [-0.39, 0.29) is 5.91 Å². The van der Waals surface area contributed by atoms with E-state index < -0.39 is 17.7 Å². The molecule has 1 atom stereocenters. The molecular weight excluding hydrogens is 496 g/mol. The second-order valence-corrected chi connectivity index (χ2v) is 11.4. The van der Waals surface area contributed by atoms with Gasteiger partial charge in [0.1, 0.15) is 17.4 Å². The molecule has 1 N–H and O–H groups in total. The minimum atomic E-state index is -0.674. The Morgan fingerprint density at radius 3 is 2.37 bits per heavy atom. The zero-order valence-electron chi connectivity index (χ0n) is 22.9. The van der Waals surface area contributed by atoms with Crippen molar-refractivity contribution in [3.05, 3.63) is 88.1 Å². The van der Waals surface area contributed by atoms with Crippen LogP contribution in [0, 0.1) is 0 Å². The zero-order chi connectivity index (χ0) is 27.4. The Labute approximate surface area is 231 Å². The van der Waals surface area contributed by atoms with Crippen LogP contribution < -0.4 is 10.1 Å². The van der Waals surface area contributed by atoms with E-state index in [1.807, 2.05) is 73.5 Å². The zero-order valence-corrected chi connectivity index (χ0v) is 23.8. The van der Waals surface area contributed by atoms with Crippen molar-refractivity contribution in [1.29, 1.82) is 0 Å². The van der Waals surface area contributed by atoms with Crippen LogP contribution in [0.3, 0.4) is 0 Å². The number of aryl methyl sites for hydroxylation is 1. The van der Waals surface area contributed by atoms with E-state index in [0.717, 1.165) is 41.9 Å². The number of rotatable bonds is 13. The predicted octanol–water partition coefficient (Wildman–Crippen LogP) is 6.98. The molecule has 0 aliphatic rings. The van der Waals surface area contributed by atoms with E-state index in [1.165, 1.54) is 5.56 Å². The average molecular weight is 537 g/mol. The molecule has 0 unspecified atom stereocenters. The molecule has 7 heteroatoms. The normalized spacial score (nSPS) is 12.0. The van der Waals surface area contributed by atoms with Gasteiger partial charge in [-0.15, -0.1) is 11.3 Å². The summed E-state index contributed by atoms with van der Waals surface area (Å²) < 4.78 is 10.9. The fraction of sp³-hybridized carbons (Fsp3) is 0.419. The standard InChI is InChI=1S/C31H40N2O4S/c1-31(2,3)37-30(35)32-28(19-10-6-9-15-24-13-7-5-8-14-24)29(34)33(23-27-18-12-20-38-27)22-25-16-11-17-26(21-25)36-4/h5,7-8,11-14,16-18,20-21,28H,6,9-10,15,19,22-23H2,1-4H3,(H,32,35)/t28-/m0/s1. The number of unbranched alkanes of at least 4 members (excludes halogenated alkanes) is 2. The number of methoxy groups -OCH3 is 1. The van der Waals surface area contributed by atoms with E-state index in [9.17, 15) is 9.59 Å². The number of alkyl carbamates (subject to hydrolysis) is 1. The van der Waals surface area contributed by atoms with Crippen LogP contribution in [-0.4, -0.2) is 35.7 Å². The summed E-state index contributed by atoms with van der Waals surface area (Å²) in [7, 11) is 1.63. The lowest BCUT2D eigenvalue weighted by molar-refractivity contribution is -0.135. The van der Waals surface area contributed by atoms with Crippen LogP contribution >= 0.6 is 11.3 Å². The maximum Gasteiger partial charge on any atom is 0.408 e. The fourth-order valence-corrected chi connectivity index (χ4v) is 4.94. The molecule has 38 heavy (non-hydrogen) atoms. The molecule has 0 aliphatic carbocycles. The summed E-state index contributed by atoms with van der Waals surface area (Å²) in [6.45, 7) is 6.33. The first kappa shape index (κ1) is 29.2. The Morgan fingerprint density at radius 1 is 0.921 bits per heavy atom. The van der Waals surface area contributed by atoms with E-state index in [1.54, 1.807) is 18.4 Å². The van der Waals surface area contributed by atoms with Crippen LogP contribution in [0.15, 0.2) is 72.1 Å². The molecule has 6 nitrogen and oxygen atoms in total. The number of amides is 2. The van der Waals surface area contributed by atoms with Gasteiger partial charge in [0.15, 0.2) is 0 Å². The summed E-state index contributed by atoms with van der Waals surface area (Å²) in [6.07, 6.45) is 3.80. The van der Waals surface area contributed by atoms with Crippen molar-refractivity contribution in [2.45, 2.75) is 77.6 Å². The molecule has 0 radical (unpaired) electrons. The minimum absolute atomic E-state index is 0.116. The molecule has 3 aromatic rings. The lowest BCUT2D eigenvalue weighted by Crippen LogP contribution is -2.49. The van der Waals surface area contributed by atoms with E-state index in [2.05, 4.69) is 29.6 Å². The van der Waals surface area contributed by atoms with Gasteiger partial charge in [0, 0.05) is 11.4 Å². The summed E-state index contributed by atoms with van der Waals surface area (Å²) in [5.74, 6) is 0.628. The van der Waals surface area contributed by atoms with Crippen LogP contribution in [0.2, 0.25) is 0 Å². The number of thiophene rings is 1. The monoisotopic (exact) mass is 536 g/mol. The minimum Gasteiger partial charge on any atom is -0.497 e. The predicted molar refractivity (Wildman–Crippen MR) is 153 cm³/mol. The maximum atomic E-state index is 13.9. The highest BCUT2D eigenvalue weighted by atomic mass is 32.1. The first-order valence-corrected chi connectivity index (χ1v) is 14.1. The number of ether oxygens (including phenoxy) is 2. The van der Waals surface area contributed by atoms with Crippen LogP contribution in [0.25, 0.3) is 0 Å². The molecule has 0 fully saturated rings. The van der Waals surface area contributed by atoms with Crippen molar-refractivity contribution in [2.24, 2.45) is 0 Å². The molecule has 204 valence electrons. The Hall–Kier alpha value is -3.32. The maximum absolute atomic E-state index is 13.9. The van der Waals surface area contributed by atoms with E-state index in [4.69, 9.17) is 9.47 Å². The molecular formula is C31H40N2O4S. The Morgan fingerprint density at radius 2 is 1.68 bits per heavy atom. The number of carbonyl (C=O) groups is 2. The summed E-state index contributed by atoms with van der Waals surface area (Å²) >= 11 is 1.61. The fourth-order valence-electron chi connectivity index (χ4n) is 4.22. The highest BCUT2D eigenvalue weighted by molar-refractivity contribution is 7.09. The molecule has 0 saturated heterocycles. The van der Waals surface area contributed by atoms with Crippen LogP contribution in [0.5, 0.6) is 5.75 Å². The van der Waals surface area contributed by atoms with Gasteiger partial charge in [-0.2, -0.15) is 0 Å². The molecule has 1 aromatic heterocycles. The van der Waals surface area contributed by atoms with Gasteiger partial charge < -0.3 is 19.7 Å². The lowest BCUT2D eigenvalue weighted by Gasteiger charge is -2.29. The van der Waals surface area contributed by atoms with Gasteiger partial charge in [-0.3, -0.25) is 4.79 Å².